The second-order valence-corrected chi connectivity index (χ2v) is 6.23. The number of carbonyl (C=O) groups excluding carboxylic acids is 2. The van der Waals surface area contributed by atoms with E-state index >= 15 is 0 Å². The summed E-state index contributed by atoms with van der Waals surface area (Å²) in [6, 6.07) is 1.19. The minimum absolute atomic E-state index is 0.0762. The fourth-order valence-electron chi connectivity index (χ4n) is 2.56. The number of hydrogen-bond acceptors (Lipinski definition) is 4. The molecule has 2 aromatic rings. The van der Waals surface area contributed by atoms with Crippen LogP contribution in [0.5, 0.6) is 0 Å². The Kier molecular flexibility index (Phi) is 5.21. The lowest BCUT2D eigenvalue weighted by molar-refractivity contribution is -0.123. The van der Waals surface area contributed by atoms with E-state index in [1.165, 1.54) is 0 Å². The molecule has 0 spiro atoms. The lowest BCUT2D eigenvalue weighted by atomic mass is 10.1. The molecule has 0 fully saturated rings. The highest BCUT2D eigenvalue weighted by molar-refractivity contribution is 6.07. The van der Waals surface area contributed by atoms with Crippen LogP contribution in [0, 0.1) is 13.8 Å². The number of hydrogen-bond donors (Lipinski definition) is 2. The number of nitrogens with one attached hydrogen (secondary N) is 2. The van der Waals surface area contributed by atoms with Crippen molar-refractivity contribution < 1.29 is 9.59 Å². The van der Waals surface area contributed by atoms with Crippen LogP contribution in [0.1, 0.15) is 48.9 Å². The molecule has 2 rings (SSSR count). The van der Waals surface area contributed by atoms with Crippen molar-refractivity contribution in [3.63, 3.8) is 0 Å². The summed E-state index contributed by atoms with van der Waals surface area (Å²) in [4.78, 5) is 29.3. The summed E-state index contributed by atoms with van der Waals surface area (Å²) in [7, 11) is 1.80. The molecule has 0 bridgehead atoms. The maximum absolute atomic E-state index is 12.7. The number of aryl methyl sites for hydroxylation is 3. The second kappa shape index (κ2) is 6.98. The maximum Gasteiger partial charge on any atom is 0.252 e. The van der Waals surface area contributed by atoms with Gasteiger partial charge in [-0.3, -0.25) is 14.3 Å². The van der Waals surface area contributed by atoms with Gasteiger partial charge in [-0.1, -0.05) is 6.92 Å². The number of nitrogens with zero attached hydrogens (tertiary/aromatic N) is 3. The zero-order chi connectivity index (χ0) is 18.0. The quantitative estimate of drug-likeness (QED) is 0.871. The topological polar surface area (TPSA) is 88.9 Å². The average Bonchev–Trinajstić information content (AvgIpc) is 2.80. The van der Waals surface area contributed by atoms with Crippen molar-refractivity contribution in [3.05, 3.63) is 23.0 Å². The summed E-state index contributed by atoms with van der Waals surface area (Å²) in [5, 5.41) is 10.7. The molecule has 7 heteroatoms. The Morgan fingerprint density at radius 3 is 2.54 bits per heavy atom. The standard InChI is InChI=1S/C17H25N5O2/c1-7-9(2)19-16(23)12(5)20-17(24)13-8-10(3)18-15-14(13)11(4)21-22(15)6/h8-9,12H,7H2,1-6H3,(H,19,23)(H,20,24)/t9-,12-/m1/s1. The van der Waals surface area contributed by atoms with E-state index in [9.17, 15) is 9.59 Å². The van der Waals surface area contributed by atoms with E-state index in [0.29, 0.717) is 11.2 Å². The first-order valence-corrected chi connectivity index (χ1v) is 8.16. The molecule has 2 amide bonds. The number of pyridine rings is 1. The fourth-order valence-corrected chi connectivity index (χ4v) is 2.56. The summed E-state index contributed by atoms with van der Waals surface area (Å²) in [6.07, 6.45) is 0.839. The van der Waals surface area contributed by atoms with Crippen LogP contribution in [-0.4, -0.2) is 38.7 Å². The second-order valence-electron chi connectivity index (χ2n) is 6.23. The Morgan fingerprint density at radius 2 is 1.92 bits per heavy atom. The normalized spacial score (nSPS) is 13.6. The van der Waals surface area contributed by atoms with Crippen molar-refractivity contribution >= 4 is 22.8 Å². The minimum atomic E-state index is -0.619. The van der Waals surface area contributed by atoms with Gasteiger partial charge in [-0.2, -0.15) is 5.10 Å². The highest BCUT2D eigenvalue weighted by Crippen LogP contribution is 2.21. The molecule has 0 saturated heterocycles. The Hall–Kier alpha value is -2.44. The number of amides is 2. The van der Waals surface area contributed by atoms with E-state index in [0.717, 1.165) is 23.2 Å². The van der Waals surface area contributed by atoms with Crippen molar-refractivity contribution in [1.29, 1.82) is 0 Å². The van der Waals surface area contributed by atoms with E-state index in [2.05, 4.69) is 20.7 Å². The molecule has 0 aliphatic carbocycles. The first-order chi connectivity index (χ1) is 11.2. The maximum atomic E-state index is 12.7. The van der Waals surface area contributed by atoms with Crippen LogP contribution < -0.4 is 10.6 Å². The predicted octanol–water partition coefficient (Wildman–Crippen LogP) is 1.62. The highest BCUT2D eigenvalue weighted by atomic mass is 16.2. The van der Waals surface area contributed by atoms with Gasteiger partial charge in [0.1, 0.15) is 6.04 Å². The number of fused-ring (bicyclic) bond motifs is 1. The first kappa shape index (κ1) is 17.9. The van der Waals surface area contributed by atoms with Gasteiger partial charge in [0, 0.05) is 18.8 Å². The molecule has 2 aromatic heterocycles. The van der Waals surface area contributed by atoms with Crippen molar-refractivity contribution in [2.24, 2.45) is 7.05 Å². The summed E-state index contributed by atoms with van der Waals surface area (Å²) >= 11 is 0. The molecule has 7 nitrogen and oxygen atoms in total. The number of rotatable bonds is 5. The molecule has 0 aliphatic rings. The van der Waals surface area contributed by atoms with E-state index < -0.39 is 6.04 Å². The lowest BCUT2D eigenvalue weighted by Gasteiger charge is -2.17. The van der Waals surface area contributed by atoms with Crippen LogP contribution >= 0.6 is 0 Å². The van der Waals surface area contributed by atoms with Crippen molar-refractivity contribution in [1.82, 2.24) is 25.4 Å². The minimum Gasteiger partial charge on any atom is -0.352 e. The van der Waals surface area contributed by atoms with Gasteiger partial charge in [0.2, 0.25) is 5.91 Å². The van der Waals surface area contributed by atoms with E-state index in [1.807, 2.05) is 27.7 Å². The Morgan fingerprint density at radius 1 is 1.25 bits per heavy atom. The SMILES string of the molecule is CC[C@@H](C)NC(=O)[C@@H](C)NC(=O)c1cc(C)nc2c1c(C)nn2C. The third kappa shape index (κ3) is 3.55. The highest BCUT2D eigenvalue weighted by Gasteiger charge is 2.22. The molecule has 0 unspecified atom stereocenters. The molecular formula is C17H25N5O2. The van der Waals surface area contributed by atoms with Crippen molar-refractivity contribution in [2.45, 2.75) is 53.1 Å². The van der Waals surface area contributed by atoms with Gasteiger partial charge in [-0.25, -0.2) is 4.98 Å². The Labute approximate surface area is 141 Å². The van der Waals surface area contributed by atoms with E-state index in [-0.39, 0.29) is 17.9 Å². The van der Waals surface area contributed by atoms with Crippen LogP contribution in [0.15, 0.2) is 6.07 Å². The Balaban J connectivity index is 2.27. The molecule has 24 heavy (non-hydrogen) atoms. The zero-order valence-corrected chi connectivity index (χ0v) is 15.1. The smallest absolute Gasteiger partial charge is 0.252 e. The fraction of sp³-hybridized carbons (Fsp3) is 0.529. The van der Waals surface area contributed by atoms with Crippen molar-refractivity contribution in [3.8, 4) is 0 Å². The molecule has 0 saturated carbocycles. The molecule has 2 heterocycles. The van der Waals surface area contributed by atoms with Gasteiger partial charge in [0.05, 0.1) is 16.6 Å². The van der Waals surface area contributed by atoms with Gasteiger partial charge in [-0.15, -0.1) is 0 Å². The van der Waals surface area contributed by atoms with E-state index in [4.69, 9.17) is 0 Å². The third-order valence-electron chi connectivity index (χ3n) is 4.08. The van der Waals surface area contributed by atoms with Gasteiger partial charge < -0.3 is 10.6 Å². The largest absolute Gasteiger partial charge is 0.352 e. The van der Waals surface area contributed by atoms with Gasteiger partial charge in [-0.05, 0) is 40.2 Å². The number of aromatic nitrogens is 3. The average molecular weight is 331 g/mol. The van der Waals surface area contributed by atoms with Crippen LogP contribution in [0.25, 0.3) is 11.0 Å². The molecule has 2 atom stereocenters. The molecule has 130 valence electrons. The number of carbonyl (C=O) groups is 2. The summed E-state index contributed by atoms with van der Waals surface area (Å²) < 4.78 is 1.66. The molecule has 0 aromatic carbocycles. The predicted molar refractivity (Wildman–Crippen MR) is 92.8 cm³/mol. The molecule has 2 N–H and O–H groups in total. The Bertz CT molecular complexity index is 781. The van der Waals surface area contributed by atoms with Crippen LogP contribution in [0.2, 0.25) is 0 Å². The van der Waals surface area contributed by atoms with Crippen molar-refractivity contribution in [2.75, 3.05) is 0 Å². The molecular weight excluding hydrogens is 306 g/mol. The molecule has 0 radical (unpaired) electrons. The molecule has 0 aliphatic heterocycles. The first-order valence-electron chi connectivity index (χ1n) is 8.16. The monoisotopic (exact) mass is 331 g/mol. The zero-order valence-electron chi connectivity index (χ0n) is 15.1. The lowest BCUT2D eigenvalue weighted by Crippen LogP contribution is -2.47. The summed E-state index contributed by atoms with van der Waals surface area (Å²) in [5.41, 5.74) is 2.62. The summed E-state index contributed by atoms with van der Waals surface area (Å²) in [6.45, 7) is 9.28. The van der Waals surface area contributed by atoms with Gasteiger partial charge >= 0.3 is 0 Å². The van der Waals surface area contributed by atoms with Crippen LogP contribution in [0.4, 0.5) is 0 Å². The summed E-state index contributed by atoms with van der Waals surface area (Å²) in [5.74, 6) is -0.490. The van der Waals surface area contributed by atoms with Crippen LogP contribution in [-0.2, 0) is 11.8 Å². The van der Waals surface area contributed by atoms with Gasteiger partial charge in [0.25, 0.3) is 5.91 Å². The van der Waals surface area contributed by atoms with Crippen LogP contribution in [0.3, 0.4) is 0 Å². The van der Waals surface area contributed by atoms with E-state index in [1.54, 1.807) is 24.7 Å². The third-order valence-corrected chi connectivity index (χ3v) is 4.08. The van der Waals surface area contributed by atoms with Gasteiger partial charge in [0.15, 0.2) is 5.65 Å².